The predicted molar refractivity (Wildman–Crippen MR) is 200 cm³/mol. The minimum absolute atomic E-state index is 0.0572. The zero-order valence-corrected chi connectivity index (χ0v) is 32.1. The second-order valence-corrected chi connectivity index (χ2v) is 16.7. The van der Waals surface area contributed by atoms with Crippen LogP contribution in [0.25, 0.3) is 0 Å². The first kappa shape index (κ1) is 39.0. The molecule has 3 heterocycles. The van der Waals surface area contributed by atoms with Crippen LogP contribution in [0.1, 0.15) is 93.7 Å². The Bertz CT molecular complexity index is 1550. The molecule has 4 aliphatic rings. The molecule has 1 aromatic carbocycles. The predicted octanol–water partition coefficient (Wildman–Crippen LogP) is 7.81. The van der Waals surface area contributed by atoms with Crippen LogP contribution in [0, 0.1) is 11.8 Å². The van der Waals surface area contributed by atoms with E-state index in [4.69, 9.17) is 10.5 Å². The molecule has 2 aromatic rings. The van der Waals surface area contributed by atoms with Gasteiger partial charge in [-0.3, -0.25) is 14.5 Å². The van der Waals surface area contributed by atoms with Crippen LogP contribution in [0.15, 0.2) is 27.4 Å². The van der Waals surface area contributed by atoms with Crippen LogP contribution in [0.2, 0.25) is 0 Å². The lowest BCUT2D eigenvalue weighted by atomic mass is 9.82. The maximum Gasteiger partial charge on any atom is 0.418 e. The Kier molecular flexibility index (Phi) is 13.2. The summed E-state index contributed by atoms with van der Waals surface area (Å²) < 4.78 is 47.3. The summed E-state index contributed by atoms with van der Waals surface area (Å²) in [5, 5.41) is 10.5. The molecule has 2 aliphatic carbocycles. The van der Waals surface area contributed by atoms with Gasteiger partial charge in [-0.05, 0) is 127 Å². The highest BCUT2D eigenvalue weighted by molar-refractivity contribution is 9.10. The first-order valence-electron chi connectivity index (χ1n) is 18.9. The fourth-order valence-electron chi connectivity index (χ4n) is 8.60. The number of hydrogen-bond acceptors (Lipinski definition) is 8. The van der Waals surface area contributed by atoms with E-state index in [-0.39, 0.29) is 53.1 Å². The number of urea groups is 1. The van der Waals surface area contributed by atoms with Gasteiger partial charge in [0.25, 0.3) is 0 Å². The van der Waals surface area contributed by atoms with Crippen LogP contribution < -0.4 is 16.4 Å². The number of carbonyl (C=O) groups is 3. The van der Waals surface area contributed by atoms with Gasteiger partial charge in [0.2, 0.25) is 0 Å². The summed E-state index contributed by atoms with van der Waals surface area (Å²) in [5.74, 6) is -0.0943. The van der Waals surface area contributed by atoms with E-state index >= 15 is 0 Å². The lowest BCUT2D eigenvalue weighted by Crippen LogP contribution is -2.49. The number of carbonyl (C=O) groups excluding carboxylic acids is 3. The highest BCUT2D eigenvalue weighted by Crippen LogP contribution is 2.39. The van der Waals surface area contributed by atoms with Gasteiger partial charge in [-0.2, -0.15) is 13.2 Å². The van der Waals surface area contributed by atoms with Gasteiger partial charge in [0.15, 0.2) is 11.9 Å². The van der Waals surface area contributed by atoms with Crippen LogP contribution in [0.3, 0.4) is 0 Å². The zero-order valence-electron chi connectivity index (χ0n) is 29.7. The molecule has 2 aliphatic heterocycles. The van der Waals surface area contributed by atoms with Crippen molar-refractivity contribution >= 4 is 56.4 Å². The van der Waals surface area contributed by atoms with E-state index in [2.05, 4.69) is 36.8 Å². The number of nitrogens with zero attached hydrogens (tertiary/aromatic N) is 2. The molecule has 0 unspecified atom stereocenters. The first-order chi connectivity index (χ1) is 24.9. The van der Waals surface area contributed by atoms with Gasteiger partial charge in [0, 0.05) is 73.9 Å². The van der Waals surface area contributed by atoms with Gasteiger partial charge in [-0.25, -0.2) is 4.79 Å². The van der Waals surface area contributed by atoms with E-state index in [0.717, 1.165) is 95.7 Å². The van der Waals surface area contributed by atoms with Crippen molar-refractivity contribution in [3.05, 3.63) is 44.1 Å². The maximum absolute atomic E-state index is 13.8. The number of ketones is 1. The molecule has 0 bridgehead atoms. The highest BCUT2D eigenvalue weighted by atomic mass is 79.9. The summed E-state index contributed by atoms with van der Waals surface area (Å²) in [6.07, 6.45) is 4.14. The molecule has 9 nitrogen and oxygen atoms in total. The third-order valence-corrected chi connectivity index (χ3v) is 13.2. The molecule has 1 aromatic heterocycles. The van der Waals surface area contributed by atoms with Gasteiger partial charge < -0.3 is 26.0 Å². The Morgan fingerprint density at radius 3 is 2.27 bits per heavy atom. The molecular formula is C38H51BrF3N5O4S. The first-order valence-corrected chi connectivity index (χ1v) is 20.6. The third-order valence-electron chi connectivity index (χ3n) is 11.7. The monoisotopic (exact) mass is 809 g/mol. The molecular weight excluding hydrogens is 759 g/mol. The maximum atomic E-state index is 13.8. The molecule has 2 saturated carbocycles. The molecule has 4 N–H and O–H groups in total. The largest absolute Gasteiger partial charge is 0.454 e. The smallest absolute Gasteiger partial charge is 0.418 e. The Morgan fingerprint density at radius 1 is 0.942 bits per heavy atom. The number of nitrogens with one attached hydrogen (secondary N) is 2. The Hall–Kier alpha value is -2.68. The summed E-state index contributed by atoms with van der Waals surface area (Å²) in [4.78, 5) is 44.4. The number of nitrogens with two attached hydrogens (primary N) is 1. The number of thiophene rings is 1. The standard InChI is InChI=1S/C38H51BrF3N5O4S/c39-31-20-26(19-30(36(31)43)38(40,41)42)21-34(33(48)11-5-24-1-7-28(8-2-24)46-17-14-44-15-18-46)51-35(49)12-6-25-3-9-29(10-4-25)47-16-13-27-22-52-23-32(27)45-37(47)50/h19-20,22-25,28-29,34,44H,1-18,21,43H2,(H,45,50)/t24?,25?,28?,29?,34-/m1/s1. The number of anilines is 2. The van der Waals surface area contributed by atoms with Crippen molar-refractivity contribution in [2.75, 3.05) is 43.8 Å². The van der Waals surface area contributed by atoms with E-state index in [0.29, 0.717) is 31.3 Å². The molecule has 3 fully saturated rings. The molecule has 6 rings (SSSR count). The molecule has 2 amide bonds. The number of Topliss-reactive ketones (excluding diaryl/α,β-unsaturated/α-hetero) is 1. The van der Waals surface area contributed by atoms with Crippen molar-refractivity contribution in [2.24, 2.45) is 11.8 Å². The summed E-state index contributed by atoms with van der Waals surface area (Å²) in [5.41, 5.74) is 6.63. The van der Waals surface area contributed by atoms with Crippen LogP contribution in [-0.4, -0.2) is 78.5 Å². The van der Waals surface area contributed by atoms with Gasteiger partial charge in [0.1, 0.15) is 0 Å². The Labute approximate surface area is 316 Å². The van der Waals surface area contributed by atoms with Crippen LogP contribution >= 0.6 is 27.3 Å². The SMILES string of the molecule is Nc1c(Br)cc(C[C@@H](OC(=O)CCC2CCC(N3CCc4cscc4NC3=O)CC2)C(=O)CCC2CCC(N3CCNCC3)CC2)cc1C(F)(F)F. The van der Waals surface area contributed by atoms with Gasteiger partial charge in [-0.15, -0.1) is 11.3 Å². The second-order valence-electron chi connectivity index (χ2n) is 15.1. The van der Waals surface area contributed by atoms with E-state index in [1.54, 1.807) is 11.3 Å². The summed E-state index contributed by atoms with van der Waals surface area (Å²) in [6.45, 7) is 4.84. The molecule has 14 heteroatoms. The fourth-order valence-corrected chi connectivity index (χ4v) is 9.94. The van der Waals surface area contributed by atoms with Crippen molar-refractivity contribution in [3.63, 3.8) is 0 Å². The van der Waals surface area contributed by atoms with E-state index in [1.807, 2.05) is 10.3 Å². The minimum Gasteiger partial charge on any atom is -0.454 e. The molecule has 52 heavy (non-hydrogen) atoms. The molecule has 1 saturated heterocycles. The van der Waals surface area contributed by atoms with Gasteiger partial charge in [-0.1, -0.05) is 0 Å². The summed E-state index contributed by atoms with van der Waals surface area (Å²) in [7, 11) is 0. The fraction of sp³-hybridized carbons (Fsp3) is 0.658. The van der Waals surface area contributed by atoms with E-state index < -0.39 is 29.5 Å². The normalized spacial score (nSPS) is 25.2. The average Bonchev–Trinajstić information content (AvgIpc) is 3.51. The quantitative estimate of drug-likeness (QED) is 0.148. The molecule has 286 valence electrons. The molecule has 0 radical (unpaired) electrons. The third kappa shape index (κ3) is 10.1. The number of fused-ring (bicyclic) bond motifs is 1. The van der Waals surface area contributed by atoms with Gasteiger partial charge in [0.05, 0.1) is 16.9 Å². The lowest BCUT2D eigenvalue weighted by molar-refractivity contribution is -0.155. The Morgan fingerprint density at radius 2 is 1.60 bits per heavy atom. The molecule has 1 atom stereocenters. The molecule has 0 spiro atoms. The van der Waals surface area contributed by atoms with Crippen molar-refractivity contribution < 1.29 is 32.3 Å². The van der Waals surface area contributed by atoms with Crippen molar-refractivity contribution in [2.45, 2.75) is 114 Å². The number of ether oxygens (including phenoxy) is 1. The lowest BCUT2D eigenvalue weighted by Gasteiger charge is -2.39. The number of alkyl halides is 3. The topological polar surface area (TPSA) is 117 Å². The number of halogens is 4. The van der Waals surface area contributed by atoms with E-state index in [1.165, 1.54) is 11.6 Å². The number of hydrogen-bond donors (Lipinski definition) is 3. The van der Waals surface area contributed by atoms with Crippen LogP contribution in [0.4, 0.5) is 29.3 Å². The van der Waals surface area contributed by atoms with Crippen molar-refractivity contribution in [3.8, 4) is 0 Å². The highest BCUT2D eigenvalue weighted by Gasteiger charge is 2.36. The number of piperazine rings is 1. The number of benzene rings is 1. The van der Waals surface area contributed by atoms with E-state index in [9.17, 15) is 27.6 Å². The Balaban J connectivity index is 1.02. The number of esters is 1. The summed E-state index contributed by atoms with van der Waals surface area (Å²) >= 11 is 4.74. The number of rotatable bonds is 12. The van der Waals surface area contributed by atoms with Crippen molar-refractivity contribution in [1.29, 1.82) is 0 Å². The minimum atomic E-state index is -4.67. The van der Waals surface area contributed by atoms with Crippen molar-refractivity contribution in [1.82, 2.24) is 15.1 Å². The zero-order chi connectivity index (χ0) is 36.8. The average molecular weight is 811 g/mol. The van der Waals surface area contributed by atoms with Crippen LogP contribution in [-0.2, 0) is 33.3 Å². The second kappa shape index (κ2) is 17.6. The summed E-state index contributed by atoms with van der Waals surface area (Å²) in [6, 6.07) is 3.09. The number of nitrogen functional groups attached to an aromatic ring is 1. The van der Waals surface area contributed by atoms with Gasteiger partial charge >= 0.3 is 18.2 Å². The van der Waals surface area contributed by atoms with Crippen LogP contribution in [0.5, 0.6) is 0 Å². The number of amides is 2.